The van der Waals surface area contributed by atoms with Gasteiger partial charge in [-0.15, -0.1) is 11.3 Å². The van der Waals surface area contributed by atoms with E-state index in [0.717, 1.165) is 16.9 Å². The summed E-state index contributed by atoms with van der Waals surface area (Å²) >= 11 is 0.942. The maximum absolute atomic E-state index is 14.0. The van der Waals surface area contributed by atoms with Crippen molar-refractivity contribution in [2.24, 2.45) is 0 Å². The van der Waals surface area contributed by atoms with Crippen molar-refractivity contribution in [2.75, 3.05) is 0 Å². The number of aromatic amines is 1. The number of H-pyrrole nitrogens is 1. The molecule has 3 rings (SSSR count). The minimum absolute atomic E-state index is 0.0833. The number of carboxylic acid groups (broad SMARTS) is 1. The number of halogens is 1. The smallest absolute Gasteiger partial charge is 0.346 e. The third-order valence-corrected chi connectivity index (χ3v) is 4.88. The van der Waals surface area contributed by atoms with E-state index in [2.05, 4.69) is 16.5 Å². The molecule has 0 radical (unpaired) electrons. The fourth-order valence-corrected chi connectivity index (χ4v) is 3.55. The number of rotatable bonds is 4. The number of fused-ring (bicyclic) bond motifs is 1. The quantitative estimate of drug-likeness (QED) is 0.760. The first-order valence-corrected chi connectivity index (χ1v) is 7.88. The second kappa shape index (κ2) is 6.01. The number of benzene rings is 1. The molecule has 7 heteroatoms. The Bertz CT molecular complexity index is 1040. The van der Waals surface area contributed by atoms with E-state index in [-0.39, 0.29) is 22.5 Å². The first kappa shape index (κ1) is 16.1. The van der Waals surface area contributed by atoms with Gasteiger partial charge in [-0.3, -0.25) is 4.79 Å². The summed E-state index contributed by atoms with van der Waals surface area (Å²) in [5.41, 5.74) is 1.11. The summed E-state index contributed by atoms with van der Waals surface area (Å²) < 4.78 is 14.0. The van der Waals surface area contributed by atoms with Crippen molar-refractivity contribution < 1.29 is 14.3 Å². The molecule has 0 saturated heterocycles. The van der Waals surface area contributed by atoms with E-state index >= 15 is 0 Å². The van der Waals surface area contributed by atoms with Gasteiger partial charge in [0.2, 0.25) is 0 Å². The zero-order chi connectivity index (χ0) is 17.4. The highest BCUT2D eigenvalue weighted by Crippen LogP contribution is 2.27. The van der Waals surface area contributed by atoms with E-state index in [9.17, 15) is 14.0 Å². The number of aromatic carboxylic acids is 1. The Hall–Kier alpha value is -2.80. The first-order valence-electron chi connectivity index (χ1n) is 7.07. The highest BCUT2D eigenvalue weighted by molar-refractivity contribution is 7.20. The molecule has 0 aliphatic rings. The van der Waals surface area contributed by atoms with Crippen LogP contribution in [0.15, 0.2) is 29.6 Å². The summed E-state index contributed by atoms with van der Waals surface area (Å²) in [6.07, 6.45) is 1.70. The van der Waals surface area contributed by atoms with Gasteiger partial charge in [0.25, 0.3) is 5.56 Å². The van der Waals surface area contributed by atoms with E-state index in [1.165, 1.54) is 6.07 Å². The third-order valence-electron chi connectivity index (χ3n) is 3.71. The van der Waals surface area contributed by atoms with Gasteiger partial charge in [0, 0.05) is 6.42 Å². The number of hydrogen-bond donors (Lipinski definition) is 2. The fourth-order valence-electron chi connectivity index (χ4n) is 2.51. The molecule has 0 saturated carbocycles. The molecule has 0 atom stereocenters. The molecular formula is C17H13FN2O3S. The summed E-state index contributed by atoms with van der Waals surface area (Å²) in [6.45, 7) is 5.22. The molecular weight excluding hydrogens is 331 g/mol. The van der Waals surface area contributed by atoms with E-state index in [0.29, 0.717) is 16.0 Å². The lowest BCUT2D eigenvalue weighted by Crippen LogP contribution is -2.12. The molecule has 2 heterocycles. The summed E-state index contributed by atoms with van der Waals surface area (Å²) in [5.74, 6) is -1.22. The van der Waals surface area contributed by atoms with E-state index in [1.54, 1.807) is 25.1 Å². The zero-order valence-electron chi connectivity index (χ0n) is 12.7. The molecule has 1 aromatic carbocycles. The van der Waals surface area contributed by atoms with Crippen molar-refractivity contribution in [2.45, 2.75) is 13.3 Å². The maximum atomic E-state index is 14.0. The number of carbonyl (C=O) groups is 1. The van der Waals surface area contributed by atoms with Crippen molar-refractivity contribution >= 4 is 33.6 Å². The monoisotopic (exact) mass is 344 g/mol. The van der Waals surface area contributed by atoms with Crippen LogP contribution in [0.1, 0.15) is 32.2 Å². The molecule has 2 N–H and O–H groups in total. The van der Waals surface area contributed by atoms with Crippen LogP contribution < -0.4 is 5.56 Å². The second-order valence-corrected chi connectivity index (χ2v) is 6.28. The summed E-state index contributed by atoms with van der Waals surface area (Å²) in [6, 6.07) is 4.57. The van der Waals surface area contributed by atoms with Gasteiger partial charge in [-0.1, -0.05) is 18.7 Å². The minimum atomic E-state index is -1.10. The molecule has 0 unspecified atom stereocenters. The van der Waals surface area contributed by atoms with Gasteiger partial charge in [-0.25, -0.2) is 14.2 Å². The Morgan fingerprint density at radius 2 is 2.25 bits per heavy atom. The molecule has 0 aliphatic heterocycles. The van der Waals surface area contributed by atoms with Crippen molar-refractivity contribution in [3.63, 3.8) is 0 Å². The SMILES string of the molecule is C=Cc1ccc(F)c(Cc2nc3sc(C(=O)O)c(C)c3c(=O)[nH]2)c1. The van der Waals surface area contributed by atoms with Gasteiger partial charge >= 0.3 is 5.97 Å². The lowest BCUT2D eigenvalue weighted by Gasteiger charge is -2.05. The fraction of sp³-hybridized carbons (Fsp3) is 0.118. The van der Waals surface area contributed by atoms with E-state index < -0.39 is 17.3 Å². The van der Waals surface area contributed by atoms with Crippen molar-refractivity contribution in [1.29, 1.82) is 0 Å². The van der Waals surface area contributed by atoms with Gasteiger partial charge in [0.1, 0.15) is 21.3 Å². The van der Waals surface area contributed by atoms with Gasteiger partial charge in [0.15, 0.2) is 0 Å². The van der Waals surface area contributed by atoms with Gasteiger partial charge in [-0.05, 0) is 35.7 Å². The van der Waals surface area contributed by atoms with Crippen LogP contribution in [0.5, 0.6) is 0 Å². The number of carboxylic acids is 1. The third kappa shape index (κ3) is 2.74. The van der Waals surface area contributed by atoms with E-state index in [4.69, 9.17) is 5.11 Å². The predicted molar refractivity (Wildman–Crippen MR) is 91.2 cm³/mol. The normalized spacial score (nSPS) is 10.9. The van der Waals surface area contributed by atoms with Crippen molar-refractivity contribution in [1.82, 2.24) is 9.97 Å². The number of nitrogens with zero attached hydrogens (tertiary/aromatic N) is 1. The number of hydrogen-bond acceptors (Lipinski definition) is 4. The summed E-state index contributed by atoms with van der Waals surface area (Å²) in [5, 5.41) is 9.43. The Labute approximate surface area is 140 Å². The predicted octanol–water partition coefficient (Wildman–Crippen LogP) is 3.36. The number of aromatic nitrogens is 2. The molecule has 0 spiro atoms. The van der Waals surface area contributed by atoms with Crippen LogP contribution in [0.25, 0.3) is 16.3 Å². The number of aryl methyl sites for hydroxylation is 1. The van der Waals surface area contributed by atoms with Gasteiger partial charge in [-0.2, -0.15) is 0 Å². The van der Waals surface area contributed by atoms with Crippen molar-refractivity contribution in [3.05, 3.63) is 68.3 Å². The molecule has 3 aromatic rings. The molecule has 0 bridgehead atoms. The lowest BCUT2D eigenvalue weighted by molar-refractivity contribution is 0.0701. The van der Waals surface area contributed by atoms with Crippen LogP contribution in [0, 0.1) is 12.7 Å². The Morgan fingerprint density at radius 3 is 2.92 bits per heavy atom. The molecule has 0 aliphatic carbocycles. The summed E-state index contributed by atoms with van der Waals surface area (Å²) in [4.78, 5) is 30.8. The molecule has 0 fully saturated rings. The molecule has 24 heavy (non-hydrogen) atoms. The van der Waals surface area contributed by atoms with Crippen LogP contribution >= 0.6 is 11.3 Å². The Morgan fingerprint density at radius 1 is 1.50 bits per heavy atom. The molecule has 0 amide bonds. The number of thiophene rings is 1. The van der Waals surface area contributed by atoms with Crippen molar-refractivity contribution in [3.8, 4) is 0 Å². The van der Waals surface area contributed by atoms with Gasteiger partial charge in [0.05, 0.1) is 5.39 Å². The Balaban J connectivity index is 2.10. The molecule has 5 nitrogen and oxygen atoms in total. The second-order valence-electron chi connectivity index (χ2n) is 5.29. The first-order chi connectivity index (χ1) is 11.4. The van der Waals surface area contributed by atoms with E-state index in [1.807, 2.05) is 0 Å². The van der Waals surface area contributed by atoms with Crippen LogP contribution in [-0.4, -0.2) is 21.0 Å². The highest BCUT2D eigenvalue weighted by Gasteiger charge is 2.19. The highest BCUT2D eigenvalue weighted by atomic mass is 32.1. The standard InChI is InChI=1S/C17H13FN2O3S/c1-3-9-4-5-11(18)10(6-9)7-12-19-15(21)13-8(2)14(17(22)23)24-16(13)20-12/h3-6H,1,7H2,2H3,(H,22,23)(H,19,20,21). The average molecular weight is 344 g/mol. The van der Waals surface area contributed by atoms with Crippen LogP contribution in [-0.2, 0) is 6.42 Å². The number of nitrogens with one attached hydrogen (secondary N) is 1. The average Bonchev–Trinajstić information content (AvgIpc) is 2.87. The topological polar surface area (TPSA) is 83.0 Å². The van der Waals surface area contributed by atoms with Crippen LogP contribution in [0.4, 0.5) is 4.39 Å². The lowest BCUT2D eigenvalue weighted by atomic mass is 10.1. The van der Waals surface area contributed by atoms with Gasteiger partial charge < -0.3 is 10.1 Å². The molecule has 122 valence electrons. The maximum Gasteiger partial charge on any atom is 0.346 e. The minimum Gasteiger partial charge on any atom is -0.477 e. The largest absolute Gasteiger partial charge is 0.477 e. The zero-order valence-corrected chi connectivity index (χ0v) is 13.5. The Kier molecular flexibility index (Phi) is 4.02. The molecule has 2 aromatic heterocycles. The van der Waals surface area contributed by atoms with Crippen LogP contribution in [0.3, 0.4) is 0 Å². The summed E-state index contributed by atoms with van der Waals surface area (Å²) in [7, 11) is 0. The van der Waals surface area contributed by atoms with Crippen LogP contribution in [0.2, 0.25) is 0 Å².